The van der Waals surface area contributed by atoms with Crippen LogP contribution in [0.2, 0.25) is 0 Å². The van der Waals surface area contributed by atoms with Gasteiger partial charge >= 0.3 is 5.97 Å². The summed E-state index contributed by atoms with van der Waals surface area (Å²) in [6, 6.07) is 11.4. The Balaban J connectivity index is 1.65. The number of esters is 1. The first-order valence-corrected chi connectivity index (χ1v) is 9.09. The Hall–Kier alpha value is -2.34. The van der Waals surface area contributed by atoms with E-state index < -0.39 is 5.97 Å². The zero-order valence-corrected chi connectivity index (χ0v) is 14.9. The lowest BCUT2D eigenvalue weighted by Crippen LogP contribution is -2.32. The topological polar surface area (TPSA) is 59.5 Å². The van der Waals surface area contributed by atoms with Gasteiger partial charge in [0.25, 0.3) is 5.91 Å². The van der Waals surface area contributed by atoms with Gasteiger partial charge in [0, 0.05) is 24.2 Å². The molecule has 0 N–H and O–H groups in total. The number of carbonyl (C=O) groups excluding carboxylic acids is 2. The summed E-state index contributed by atoms with van der Waals surface area (Å²) < 4.78 is 5.22. The molecule has 2 aromatic rings. The van der Waals surface area contributed by atoms with Crippen LogP contribution in [0.3, 0.4) is 0 Å². The van der Waals surface area contributed by atoms with E-state index in [0.29, 0.717) is 10.6 Å². The van der Waals surface area contributed by atoms with Crippen LogP contribution in [0.15, 0.2) is 52.5 Å². The number of carbonyl (C=O) groups is 2. The largest absolute Gasteiger partial charge is 0.452 e. The molecule has 1 amide bonds. The summed E-state index contributed by atoms with van der Waals surface area (Å²) in [4.78, 5) is 31.4. The van der Waals surface area contributed by atoms with Crippen molar-refractivity contribution in [2.75, 3.05) is 19.7 Å². The van der Waals surface area contributed by atoms with Crippen molar-refractivity contribution in [1.29, 1.82) is 0 Å². The molecule has 2 heterocycles. The molecule has 0 unspecified atom stereocenters. The Morgan fingerprint density at radius 2 is 1.88 bits per heavy atom. The summed E-state index contributed by atoms with van der Waals surface area (Å²) in [6.45, 7) is 3.30. The van der Waals surface area contributed by atoms with Crippen LogP contribution in [0.4, 0.5) is 0 Å². The van der Waals surface area contributed by atoms with Crippen LogP contribution in [0, 0.1) is 6.92 Å². The highest BCUT2D eigenvalue weighted by Crippen LogP contribution is 2.29. The van der Waals surface area contributed by atoms with Gasteiger partial charge in [-0.05, 0) is 44.0 Å². The molecule has 1 saturated heterocycles. The number of pyridine rings is 1. The molecule has 6 heteroatoms. The Morgan fingerprint density at radius 1 is 1.16 bits per heavy atom. The van der Waals surface area contributed by atoms with Gasteiger partial charge in [0.1, 0.15) is 5.03 Å². The lowest BCUT2D eigenvalue weighted by Gasteiger charge is -2.15. The zero-order valence-electron chi connectivity index (χ0n) is 14.1. The Kier molecular flexibility index (Phi) is 5.71. The lowest BCUT2D eigenvalue weighted by molar-refractivity contribution is -0.133. The summed E-state index contributed by atoms with van der Waals surface area (Å²) in [5.74, 6) is -0.655. The van der Waals surface area contributed by atoms with Crippen LogP contribution < -0.4 is 0 Å². The molecule has 0 saturated carbocycles. The molecule has 3 rings (SSSR count). The van der Waals surface area contributed by atoms with E-state index in [0.717, 1.165) is 30.8 Å². The molecule has 0 aliphatic carbocycles. The van der Waals surface area contributed by atoms with Gasteiger partial charge in [-0.15, -0.1) is 0 Å². The minimum atomic E-state index is -0.518. The minimum Gasteiger partial charge on any atom is -0.452 e. The summed E-state index contributed by atoms with van der Waals surface area (Å²) in [6.07, 6.45) is 3.67. The molecule has 130 valence electrons. The molecule has 5 nitrogen and oxygen atoms in total. The molecule has 1 aromatic carbocycles. The van der Waals surface area contributed by atoms with Gasteiger partial charge in [-0.3, -0.25) is 4.79 Å². The number of aromatic nitrogens is 1. The fourth-order valence-corrected chi connectivity index (χ4v) is 3.48. The van der Waals surface area contributed by atoms with Crippen molar-refractivity contribution >= 4 is 23.6 Å². The van der Waals surface area contributed by atoms with Gasteiger partial charge in [-0.25, -0.2) is 9.78 Å². The molecule has 0 radical (unpaired) electrons. The molecule has 0 spiro atoms. The monoisotopic (exact) mass is 356 g/mol. The van der Waals surface area contributed by atoms with Crippen LogP contribution in [-0.4, -0.2) is 41.5 Å². The van der Waals surface area contributed by atoms with E-state index in [2.05, 4.69) is 4.98 Å². The summed E-state index contributed by atoms with van der Waals surface area (Å²) >= 11 is 1.40. The maximum absolute atomic E-state index is 12.4. The number of likely N-dealkylation sites (tertiary alicyclic amines) is 1. The van der Waals surface area contributed by atoms with Crippen molar-refractivity contribution in [3.05, 3.63) is 53.7 Å². The number of benzene rings is 1. The second-order valence-corrected chi connectivity index (χ2v) is 7.00. The molecular formula is C19H20N2O3S. The van der Waals surface area contributed by atoms with Crippen LogP contribution >= 0.6 is 11.8 Å². The highest BCUT2D eigenvalue weighted by atomic mass is 32.2. The maximum atomic E-state index is 12.4. The van der Waals surface area contributed by atoms with Crippen LogP contribution in [0.1, 0.15) is 28.8 Å². The number of ether oxygens (including phenoxy) is 1. The van der Waals surface area contributed by atoms with Gasteiger partial charge in [0.15, 0.2) is 6.61 Å². The molecule has 0 bridgehead atoms. The van der Waals surface area contributed by atoms with E-state index in [9.17, 15) is 9.59 Å². The van der Waals surface area contributed by atoms with Crippen molar-refractivity contribution < 1.29 is 14.3 Å². The first-order chi connectivity index (χ1) is 12.1. The van der Waals surface area contributed by atoms with E-state index in [4.69, 9.17) is 4.74 Å². The van der Waals surface area contributed by atoms with Crippen molar-refractivity contribution in [2.24, 2.45) is 0 Å². The second-order valence-electron chi connectivity index (χ2n) is 5.94. The third-order valence-electron chi connectivity index (χ3n) is 4.01. The normalized spacial score (nSPS) is 13.7. The lowest BCUT2D eigenvalue weighted by atomic mass is 10.2. The summed E-state index contributed by atoms with van der Waals surface area (Å²) in [5.41, 5.74) is 1.55. The number of amides is 1. The first-order valence-electron chi connectivity index (χ1n) is 8.28. The molecule has 1 fully saturated rings. The molecule has 1 aromatic heterocycles. The average molecular weight is 356 g/mol. The van der Waals surface area contributed by atoms with Crippen molar-refractivity contribution in [3.8, 4) is 0 Å². The number of hydrogen-bond donors (Lipinski definition) is 0. The van der Waals surface area contributed by atoms with Gasteiger partial charge in [0.2, 0.25) is 0 Å². The van der Waals surface area contributed by atoms with Crippen LogP contribution in [0.25, 0.3) is 0 Å². The predicted octanol–water partition coefficient (Wildman–Crippen LogP) is 3.32. The van der Waals surface area contributed by atoms with E-state index in [1.54, 1.807) is 23.2 Å². The predicted molar refractivity (Wildman–Crippen MR) is 95.6 cm³/mol. The second kappa shape index (κ2) is 8.16. The smallest absolute Gasteiger partial charge is 0.341 e. The van der Waals surface area contributed by atoms with Gasteiger partial charge in [-0.2, -0.15) is 0 Å². The Labute approximate surface area is 151 Å². The fourth-order valence-electron chi connectivity index (χ4n) is 2.61. The van der Waals surface area contributed by atoms with Gasteiger partial charge in [0.05, 0.1) is 5.56 Å². The molecule has 0 atom stereocenters. The number of rotatable bonds is 5. The molecule has 1 aliphatic rings. The highest BCUT2D eigenvalue weighted by Gasteiger charge is 2.21. The molecule has 25 heavy (non-hydrogen) atoms. The fraction of sp³-hybridized carbons (Fsp3) is 0.316. The third-order valence-corrected chi connectivity index (χ3v) is 5.04. The summed E-state index contributed by atoms with van der Waals surface area (Å²) in [7, 11) is 0. The van der Waals surface area contributed by atoms with Crippen LogP contribution in [-0.2, 0) is 9.53 Å². The highest BCUT2D eigenvalue weighted by molar-refractivity contribution is 7.99. The number of nitrogens with zero attached hydrogens (tertiary/aromatic N) is 2. The van der Waals surface area contributed by atoms with E-state index in [-0.39, 0.29) is 12.5 Å². The number of hydrogen-bond acceptors (Lipinski definition) is 5. The van der Waals surface area contributed by atoms with Crippen molar-refractivity contribution in [3.63, 3.8) is 0 Å². The third kappa shape index (κ3) is 4.60. The quantitative estimate of drug-likeness (QED) is 0.769. The number of aryl methyl sites for hydroxylation is 1. The van der Waals surface area contributed by atoms with Gasteiger partial charge in [-0.1, -0.05) is 29.5 Å². The molecule has 1 aliphatic heterocycles. The average Bonchev–Trinajstić information content (AvgIpc) is 3.16. The maximum Gasteiger partial charge on any atom is 0.341 e. The van der Waals surface area contributed by atoms with Crippen molar-refractivity contribution in [1.82, 2.24) is 9.88 Å². The Bertz CT molecular complexity index is 756. The Morgan fingerprint density at radius 3 is 2.60 bits per heavy atom. The van der Waals surface area contributed by atoms with E-state index >= 15 is 0 Å². The standard InChI is InChI=1S/C19H20N2O3S/c1-14-6-8-15(9-7-14)25-18-16(5-4-10-20-18)19(23)24-13-17(22)21-11-2-3-12-21/h4-10H,2-3,11-13H2,1H3. The minimum absolute atomic E-state index is 0.137. The summed E-state index contributed by atoms with van der Waals surface area (Å²) in [5, 5.41) is 0.574. The van der Waals surface area contributed by atoms with Crippen molar-refractivity contribution in [2.45, 2.75) is 29.7 Å². The zero-order chi connectivity index (χ0) is 17.6. The SMILES string of the molecule is Cc1ccc(Sc2ncccc2C(=O)OCC(=O)N2CCCC2)cc1. The first kappa shape index (κ1) is 17.5. The molecular weight excluding hydrogens is 336 g/mol. The van der Waals surface area contributed by atoms with E-state index in [1.165, 1.54) is 17.3 Å². The van der Waals surface area contributed by atoms with Crippen LogP contribution in [0.5, 0.6) is 0 Å². The van der Waals surface area contributed by atoms with E-state index in [1.807, 2.05) is 31.2 Å². The van der Waals surface area contributed by atoms with Gasteiger partial charge < -0.3 is 9.64 Å².